The predicted octanol–water partition coefficient (Wildman–Crippen LogP) is 3.49. The van der Waals surface area contributed by atoms with Crippen LogP contribution in [0.4, 0.5) is 11.4 Å². The highest BCUT2D eigenvalue weighted by Crippen LogP contribution is 2.35. The van der Waals surface area contributed by atoms with Crippen molar-refractivity contribution in [1.82, 2.24) is 10.3 Å². The first-order valence-electron chi connectivity index (χ1n) is 8.75. The van der Waals surface area contributed by atoms with Crippen LogP contribution in [0.15, 0.2) is 60.9 Å². The fourth-order valence-electron chi connectivity index (χ4n) is 2.90. The van der Waals surface area contributed by atoms with Crippen molar-refractivity contribution in [3.63, 3.8) is 0 Å². The molecule has 1 amide bonds. The largest absolute Gasteiger partial charge is 0.496 e. The SMILES string of the molecule is COc1ccccc1CNC(=O)c1cncc(Nc2ccc3c(c2)OCO3)c1. The molecule has 7 nitrogen and oxygen atoms in total. The van der Waals surface area contributed by atoms with E-state index in [2.05, 4.69) is 15.6 Å². The van der Waals surface area contributed by atoms with E-state index in [9.17, 15) is 4.79 Å². The highest BCUT2D eigenvalue weighted by Gasteiger charge is 2.14. The molecule has 28 heavy (non-hydrogen) atoms. The van der Waals surface area contributed by atoms with E-state index in [0.717, 1.165) is 17.0 Å². The van der Waals surface area contributed by atoms with Crippen LogP contribution >= 0.6 is 0 Å². The van der Waals surface area contributed by atoms with Crippen molar-refractivity contribution in [1.29, 1.82) is 0 Å². The molecule has 3 aromatic rings. The summed E-state index contributed by atoms with van der Waals surface area (Å²) in [6.45, 7) is 0.588. The summed E-state index contributed by atoms with van der Waals surface area (Å²) in [5, 5.41) is 6.11. The zero-order valence-electron chi connectivity index (χ0n) is 15.3. The number of amides is 1. The lowest BCUT2D eigenvalue weighted by Gasteiger charge is -2.11. The summed E-state index contributed by atoms with van der Waals surface area (Å²) in [7, 11) is 1.61. The Bertz CT molecular complexity index is 1010. The molecule has 1 aromatic heterocycles. The average molecular weight is 377 g/mol. The van der Waals surface area contributed by atoms with E-state index in [1.165, 1.54) is 6.20 Å². The lowest BCUT2D eigenvalue weighted by Crippen LogP contribution is -2.23. The zero-order valence-corrected chi connectivity index (χ0v) is 15.3. The molecule has 0 atom stereocenters. The number of fused-ring (bicyclic) bond motifs is 1. The van der Waals surface area contributed by atoms with Crippen molar-refractivity contribution in [3.8, 4) is 17.2 Å². The summed E-state index contributed by atoms with van der Waals surface area (Å²) in [6, 6.07) is 14.9. The standard InChI is InChI=1S/C21H19N3O4/c1-26-18-5-3-2-4-14(18)11-23-21(25)15-8-17(12-22-10-15)24-16-6-7-19-20(9-16)28-13-27-19/h2-10,12,24H,11,13H2,1H3,(H,23,25). The van der Waals surface area contributed by atoms with Crippen LogP contribution < -0.4 is 24.8 Å². The molecule has 0 spiro atoms. The van der Waals surface area contributed by atoms with Crippen molar-refractivity contribution in [3.05, 3.63) is 72.1 Å². The molecule has 4 rings (SSSR count). The maximum atomic E-state index is 12.5. The molecule has 2 heterocycles. The maximum Gasteiger partial charge on any atom is 0.253 e. The molecule has 0 bridgehead atoms. The molecule has 0 aliphatic carbocycles. The second kappa shape index (κ2) is 7.87. The Hall–Kier alpha value is -3.74. The number of methoxy groups -OCH3 is 1. The number of ether oxygens (including phenoxy) is 3. The number of nitrogens with one attached hydrogen (secondary N) is 2. The Morgan fingerprint density at radius 1 is 1.07 bits per heavy atom. The number of carbonyl (C=O) groups excluding carboxylic acids is 1. The van der Waals surface area contributed by atoms with Crippen LogP contribution in [-0.2, 0) is 6.54 Å². The van der Waals surface area contributed by atoms with Crippen LogP contribution in [0.25, 0.3) is 0 Å². The fourth-order valence-corrected chi connectivity index (χ4v) is 2.90. The van der Waals surface area contributed by atoms with Gasteiger partial charge in [0.2, 0.25) is 6.79 Å². The Kier molecular flexibility index (Phi) is 4.97. The molecule has 2 N–H and O–H groups in total. The molecule has 0 radical (unpaired) electrons. The fraction of sp³-hybridized carbons (Fsp3) is 0.143. The summed E-state index contributed by atoms with van der Waals surface area (Å²) in [5.41, 5.74) is 2.88. The minimum absolute atomic E-state index is 0.215. The van der Waals surface area contributed by atoms with Gasteiger partial charge in [0.1, 0.15) is 5.75 Å². The minimum atomic E-state index is -0.215. The van der Waals surface area contributed by atoms with E-state index in [0.29, 0.717) is 29.3 Å². The lowest BCUT2D eigenvalue weighted by atomic mass is 10.2. The van der Waals surface area contributed by atoms with Gasteiger partial charge in [0.25, 0.3) is 5.91 Å². The van der Waals surface area contributed by atoms with Gasteiger partial charge in [-0.3, -0.25) is 9.78 Å². The number of rotatable bonds is 6. The third-order valence-electron chi connectivity index (χ3n) is 4.29. The first-order valence-corrected chi connectivity index (χ1v) is 8.75. The van der Waals surface area contributed by atoms with Gasteiger partial charge in [-0.1, -0.05) is 18.2 Å². The number of pyridine rings is 1. The Morgan fingerprint density at radius 3 is 2.82 bits per heavy atom. The van der Waals surface area contributed by atoms with E-state index in [1.54, 1.807) is 19.4 Å². The number of carbonyl (C=O) groups is 1. The summed E-state index contributed by atoms with van der Waals surface area (Å²) in [5.74, 6) is 1.92. The first kappa shape index (κ1) is 17.7. The Morgan fingerprint density at radius 2 is 1.93 bits per heavy atom. The summed E-state index contributed by atoms with van der Waals surface area (Å²) in [4.78, 5) is 16.7. The second-order valence-electron chi connectivity index (χ2n) is 6.15. The molecule has 1 aliphatic rings. The average Bonchev–Trinajstić information content (AvgIpc) is 3.20. The van der Waals surface area contributed by atoms with Gasteiger partial charge >= 0.3 is 0 Å². The number of nitrogens with zero attached hydrogens (tertiary/aromatic N) is 1. The maximum absolute atomic E-state index is 12.5. The number of hydrogen-bond acceptors (Lipinski definition) is 6. The molecular weight excluding hydrogens is 358 g/mol. The number of benzene rings is 2. The molecule has 0 saturated heterocycles. The minimum Gasteiger partial charge on any atom is -0.496 e. The third kappa shape index (κ3) is 3.83. The summed E-state index contributed by atoms with van der Waals surface area (Å²) < 4.78 is 16.0. The second-order valence-corrected chi connectivity index (χ2v) is 6.15. The van der Waals surface area contributed by atoms with Gasteiger partial charge in [-0.2, -0.15) is 0 Å². The molecule has 0 fully saturated rings. The van der Waals surface area contributed by atoms with Crippen LogP contribution in [0.5, 0.6) is 17.2 Å². The van der Waals surface area contributed by atoms with Gasteiger partial charge in [0.05, 0.1) is 24.6 Å². The highest BCUT2D eigenvalue weighted by molar-refractivity contribution is 5.94. The quantitative estimate of drug-likeness (QED) is 0.684. The topological polar surface area (TPSA) is 81.7 Å². The van der Waals surface area contributed by atoms with Crippen LogP contribution in [0.3, 0.4) is 0 Å². The van der Waals surface area contributed by atoms with E-state index >= 15 is 0 Å². The molecule has 1 aliphatic heterocycles. The molecule has 2 aromatic carbocycles. The van der Waals surface area contributed by atoms with Crippen LogP contribution in [-0.4, -0.2) is 24.8 Å². The zero-order chi connectivity index (χ0) is 19.3. The Balaban J connectivity index is 1.43. The predicted molar refractivity (Wildman–Crippen MR) is 104 cm³/mol. The molecular formula is C21H19N3O4. The smallest absolute Gasteiger partial charge is 0.253 e. The van der Waals surface area contributed by atoms with Crippen LogP contribution in [0, 0.1) is 0 Å². The first-order chi connectivity index (χ1) is 13.7. The molecule has 0 unspecified atom stereocenters. The summed E-state index contributed by atoms with van der Waals surface area (Å²) >= 11 is 0. The molecule has 7 heteroatoms. The van der Waals surface area contributed by atoms with Gasteiger partial charge in [-0.25, -0.2) is 0 Å². The van der Waals surface area contributed by atoms with Crippen molar-refractivity contribution >= 4 is 17.3 Å². The summed E-state index contributed by atoms with van der Waals surface area (Å²) in [6.07, 6.45) is 3.18. The monoisotopic (exact) mass is 377 g/mol. The normalized spacial score (nSPS) is 11.8. The van der Waals surface area contributed by atoms with E-state index in [-0.39, 0.29) is 12.7 Å². The Labute approximate surface area is 162 Å². The van der Waals surface area contributed by atoms with Crippen molar-refractivity contribution in [2.24, 2.45) is 0 Å². The number of aromatic nitrogens is 1. The van der Waals surface area contributed by atoms with Crippen LogP contribution in [0.2, 0.25) is 0 Å². The lowest BCUT2D eigenvalue weighted by molar-refractivity contribution is 0.0950. The molecule has 0 saturated carbocycles. The number of anilines is 2. The van der Waals surface area contributed by atoms with Gasteiger partial charge in [-0.15, -0.1) is 0 Å². The van der Waals surface area contributed by atoms with Crippen LogP contribution in [0.1, 0.15) is 15.9 Å². The number of para-hydroxylation sites is 1. The van der Waals surface area contributed by atoms with E-state index in [1.807, 2.05) is 42.5 Å². The van der Waals surface area contributed by atoms with Crippen molar-refractivity contribution < 1.29 is 19.0 Å². The van der Waals surface area contributed by atoms with Gasteiger partial charge < -0.3 is 24.8 Å². The van der Waals surface area contributed by atoms with E-state index < -0.39 is 0 Å². The van der Waals surface area contributed by atoms with Gasteiger partial charge in [-0.05, 0) is 24.3 Å². The van der Waals surface area contributed by atoms with Crippen molar-refractivity contribution in [2.45, 2.75) is 6.54 Å². The van der Waals surface area contributed by atoms with E-state index in [4.69, 9.17) is 14.2 Å². The van der Waals surface area contributed by atoms with Gasteiger partial charge in [0, 0.05) is 30.1 Å². The third-order valence-corrected chi connectivity index (χ3v) is 4.29. The highest BCUT2D eigenvalue weighted by atomic mass is 16.7. The van der Waals surface area contributed by atoms with Gasteiger partial charge in [0.15, 0.2) is 11.5 Å². The number of hydrogen-bond donors (Lipinski definition) is 2. The molecule has 142 valence electrons. The van der Waals surface area contributed by atoms with Crippen molar-refractivity contribution in [2.75, 3.05) is 19.2 Å².